The summed E-state index contributed by atoms with van der Waals surface area (Å²) in [5.74, 6) is 0. The summed E-state index contributed by atoms with van der Waals surface area (Å²) >= 11 is 0. The summed E-state index contributed by atoms with van der Waals surface area (Å²) in [6.45, 7) is 0.635. The van der Waals surface area contributed by atoms with Crippen molar-refractivity contribution >= 4 is 0 Å². The number of methoxy groups -OCH3 is 2. The number of aromatic amines is 1. The first kappa shape index (κ1) is 13.3. The van der Waals surface area contributed by atoms with Gasteiger partial charge in [-0.3, -0.25) is 4.79 Å². The van der Waals surface area contributed by atoms with Crippen LogP contribution in [0.5, 0.6) is 0 Å². The van der Waals surface area contributed by atoms with Gasteiger partial charge in [0.15, 0.2) is 6.29 Å². The van der Waals surface area contributed by atoms with E-state index in [1.807, 2.05) is 6.07 Å². The zero-order chi connectivity index (χ0) is 13.0. The Hall–Kier alpha value is -1.17. The quantitative estimate of drug-likeness (QED) is 0.766. The molecule has 18 heavy (non-hydrogen) atoms. The lowest BCUT2D eigenvalue weighted by atomic mass is 9.91. The Balaban J connectivity index is 2.06. The topological polar surface area (TPSA) is 63.3 Å². The van der Waals surface area contributed by atoms with Crippen molar-refractivity contribution in [2.45, 2.75) is 31.6 Å². The number of fused-ring (bicyclic) bond motifs is 1. The molecule has 0 saturated carbocycles. The van der Waals surface area contributed by atoms with E-state index in [2.05, 4.69) is 10.3 Å². The van der Waals surface area contributed by atoms with E-state index in [4.69, 9.17) is 9.47 Å². The number of aryl methyl sites for hydroxylation is 1. The summed E-state index contributed by atoms with van der Waals surface area (Å²) < 4.78 is 10.3. The highest BCUT2D eigenvalue weighted by molar-refractivity contribution is 5.26. The first-order valence-corrected chi connectivity index (χ1v) is 6.25. The highest BCUT2D eigenvalue weighted by atomic mass is 16.7. The van der Waals surface area contributed by atoms with Gasteiger partial charge < -0.3 is 19.8 Å². The van der Waals surface area contributed by atoms with Crippen LogP contribution in [-0.2, 0) is 15.9 Å². The van der Waals surface area contributed by atoms with E-state index < -0.39 is 0 Å². The SMILES string of the molecule is COC(CNC1CCCc2[nH]c(=O)ccc21)OC. The van der Waals surface area contributed by atoms with Crippen LogP contribution in [0.3, 0.4) is 0 Å². The van der Waals surface area contributed by atoms with Crippen molar-refractivity contribution in [3.8, 4) is 0 Å². The van der Waals surface area contributed by atoms with Gasteiger partial charge in [-0.25, -0.2) is 0 Å². The average Bonchev–Trinajstić information content (AvgIpc) is 2.39. The smallest absolute Gasteiger partial charge is 0.248 e. The molecule has 0 bridgehead atoms. The van der Waals surface area contributed by atoms with Crippen LogP contribution in [0.25, 0.3) is 0 Å². The molecule has 0 aliphatic heterocycles. The van der Waals surface area contributed by atoms with E-state index in [-0.39, 0.29) is 17.9 Å². The van der Waals surface area contributed by atoms with Crippen molar-refractivity contribution in [1.82, 2.24) is 10.3 Å². The largest absolute Gasteiger partial charge is 0.355 e. The molecule has 0 saturated heterocycles. The number of H-pyrrole nitrogens is 1. The average molecular weight is 252 g/mol. The molecule has 5 nitrogen and oxygen atoms in total. The second kappa shape index (κ2) is 6.13. The van der Waals surface area contributed by atoms with Gasteiger partial charge in [0.05, 0.1) is 0 Å². The number of hydrogen-bond acceptors (Lipinski definition) is 4. The van der Waals surface area contributed by atoms with Gasteiger partial charge in [0, 0.05) is 38.6 Å². The van der Waals surface area contributed by atoms with Gasteiger partial charge in [-0.1, -0.05) is 6.07 Å². The van der Waals surface area contributed by atoms with Gasteiger partial charge in [0.2, 0.25) is 5.56 Å². The van der Waals surface area contributed by atoms with Crippen LogP contribution in [-0.4, -0.2) is 32.0 Å². The lowest BCUT2D eigenvalue weighted by Crippen LogP contribution is -2.34. The van der Waals surface area contributed by atoms with Gasteiger partial charge in [-0.05, 0) is 24.8 Å². The first-order chi connectivity index (χ1) is 8.74. The lowest BCUT2D eigenvalue weighted by Gasteiger charge is -2.27. The zero-order valence-corrected chi connectivity index (χ0v) is 10.9. The Morgan fingerprint density at radius 3 is 2.94 bits per heavy atom. The fourth-order valence-electron chi connectivity index (χ4n) is 2.41. The molecule has 1 atom stereocenters. The Labute approximate surface area is 107 Å². The van der Waals surface area contributed by atoms with Crippen LogP contribution in [0.1, 0.15) is 30.1 Å². The van der Waals surface area contributed by atoms with Gasteiger partial charge in [0.1, 0.15) is 0 Å². The summed E-state index contributed by atoms with van der Waals surface area (Å²) in [5, 5.41) is 3.43. The Bertz CT molecular complexity index is 440. The molecular formula is C13H20N2O3. The zero-order valence-electron chi connectivity index (χ0n) is 10.9. The molecule has 0 aromatic carbocycles. The predicted octanol–water partition coefficient (Wildman–Crippen LogP) is 0.961. The van der Waals surface area contributed by atoms with Crippen molar-refractivity contribution < 1.29 is 9.47 Å². The molecule has 0 radical (unpaired) electrons. The van der Waals surface area contributed by atoms with Crippen molar-refractivity contribution in [3.63, 3.8) is 0 Å². The molecule has 2 rings (SSSR count). The predicted molar refractivity (Wildman–Crippen MR) is 68.6 cm³/mol. The maximum atomic E-state index is 11.3. The monoisotopic (exact) mass is 252 g/mol. The second-order valence-electron chi connectivity index (χ2n) is 4.51. The molecule has 1 aromatic rings. The molecule has 2 N–H and O–H groups in total. The summed E-state index contributed by atoms with van der Waals surface area (Å²) in [4.78, 5) is 14.2. The Morgan fingerprint density at radius 2 is 2.22 bits per heavy atom. The molecule has 1 aliphatic carbocycles. The molecule has 5 heteroatoms. The van der Waals surface area contributed by atoms with Gasteiger partial charge in [-0.15, -0.1) is 0 Å². The molecule has 0 fully saturated rings. The number of rotatable bonds is 5. The van der Waals surface area contributed by atoms with E-state index in [0.717, 1.165) is 25.0 Å². The highest BCUT2D eigenvalue weighted by Crippen LogP contribution is 2.27. The van der Waals surface area contributed by atoms with Gasteiger partial charge in [0.25, 0.3) is 0 Å². The van der Waals surface area contributed by atoms with Crippen LogP contribution in [0, 0.1) is 0 Å². The number of nitrogens with one attached hydrogen (secondary N) is 2. The lowest BCUT2D eigenvalue weighted by molar-refractivity contribution is -0.100. The molecule has 1 heterocycles. The van der Waals surface area contributed by atoms with E-state index in [1.165, 1.54) is 5.56 Å². The minimum Gasteiger partial charge on any atom is -0.355 e. The molecule has 1 unspecified atom stereocenters. The van der Waals surface area contributed by atoms with Crippen molar-refractivity contribution in [2.75, 3.05) is 20.8 Å². The minimum atomic E-state index is -0.238. The van der Waals surface area contributed by atoms with Gasteiger partial charge in [-0.2, -0.15) is 0 Å². The van der Waals surface area contributed by atoms with Gasteiger partial charge >= 0.3 is 0 Å². The van der Waals surface area contributed by atoms with Crippen LogP contribution < -0.4 is 10.9 Å². The molecule has 0 amide bonds. The molecule has 100 valence electrons. The van der Waals surface area contributed by atoms with Crippen LogP contribution in [0.4, 0.5) is 0 Å². The van der Waals surface area contributed by atoms with Crippen molar-refractivity contribution in [1.29, 1.82) is 0 Å². The first-order valence-electron chi connectivity index (χ1n) is 6.25. The molecular weight excluding hydrogens is 232 g/mol. The molecule has 1 aliphatic rings. The number of aromatic nitrogens is 1. The van der Waals surface area contributed by atoms with Crippen LogP contribution in [0.2, 0.25) is 0 Å². The minimum absolute atomic E-state index is 0.0268. The summed E-state index contributed by atoms with van der Waals surface area (Å²) in [5.41, 5.74) is 2.21. The second-order valence-corrected chi connectivity index (χ2v) is 4.51. The normalized spacial score (nSPS) is 18.9. The maximum absolute atomic E-state index is 11.3. The third-order valence-electron chi connectivity index (χ3n) is 3.39. The summed E-state index contributed by atoms with van der Waals surface area (Å²) in [6.07, 6.45) is 2.86. The Morgan fingerprint density at radius 1 is 1.44 bits per heavy atom. The summed E-state index contributed by atoms with van der Waals surface area (Å²) in [7, 11) is 3.25. The third-order valence-corrected chi connectivity index (χ3v) is 3.39. The van der Waals surface area contributed by atoms with E-state index in [0.29, 0.717) is 6.54 Å². The number of ether oxygens (including phenoxy) is 2. The number of pyridine rings is 1. The molecule has 0 spiro atoms. The number of hydrogen-bond donors (Lipinski definition) is 2. The third kappa shape index (κ3) is 2.98. The van der Waals surface area contributed by atoms with Crippen molar-refractivity contribution in [3.05, 3.63) is 33.7 Å². The van der Waals surface area contributed by atoms with Crippen LogP contribution in [0.15, 0.2) is 16.9 Å². The van der Waals surface area contributed by atoms with E-state index in [1.54, 1.807) is 20.3 Å². The van der Waals surface area contributed by atoms with Crippen LogP contribution >= 0.6 is 0 Å². The standard InChI is InChI=1S/C13H20N2O3/c1-17-13(18-2)8-14-10-4-3-5-11-9(10)6-7-12(16)15-11/h6-7,10,13-14H,3-5,8H2,1-2H3,(H,15,16). The highest BCUT2D eigenvalue weighted by Gasteiger charge is 2.21. The maximum Gasteiger partial charge on any atom is 0.248 e. The fourth-order valence-corrected chi connectivity index (χ4v) is 2.41. The fraction of sp³-hybridized carbons (Fsp3) is 0.615. The van der Waals surface area contributed by atoms with E-state index in [9.17, 15) is 4.79 Å². The van der Waals surface area contributed by atoms with Crippen molar-refractivity contribution in [2.24, 2.45) is 0 Å². The Kier molecular flexibility index (Phi) is 4.52. The van der Waals surface area contributed by atoms with E-state index >= 15 is 0 Å². The molecule has 1 aromatic heterocycles. The summed E-state index contributed by atoms with van der Waals surface area (Å²) in [6, 6.07) is 3.76.